The maximum absolute atomic E-state index is 14.9. The summed E-state index contributed by atoms with van der Waals surface area (Å²) in [6.45, 7) is 1.79. The minimum Gasteiger partial charge on any atom is -0.377 e. The van der Waals surface area contributed by atoms with Gasteiger partial charge in [0.25, 0.3) is 5.56 Å². The van der Waals surface area contributed by atoms with Gasteiger partial charge >= 0.3 is 6.18 Å². The quantitative estimate of drug-likeness (QED) is 0.677. The molecule has 0 saturated carbocycles. The van der Waals surface area contributed by atoms with E-state index in [0.29, 0.717) is 0 Å². The Morgan fingerprint density at radius 3 is 2.68 bits per heavy atom. The van der Waals surface area contributed by atoms with Gasteiger partial charge in [0.1, 0.15) is 11.9 Å². The van der Waals surface area contributed by atoms with Crippen molar-refractivity contribution in [3.63, 3.8) is 0 Å². The molecule has 1 fully saturated rings. The Kier molecular flexibility index (Phi) is 5.58. The van der Waals surface area contributed by atoms with E-state index in [1.165, 1.54) is 11.1 Å². The van der Waals surface area contributed by atoms with Crippen LogP contribution in [0.3, 0.4) is 0 Å². The summed E-state index contributed by atoms with van der Waals surface area (Å²) in [6, 6.07) is -1.23. The van der Waals surface area contributed by atoms with Crippen molar-refractivity contribution >= 4 is 11.8 Å². The van der Waals surface area contributed by atoms with E-state index < -0.39 is 42.4 Å². The number of alkyl halides is 3. The summed E-state index contributed by atoms with van der Waals surface area (Å²) >= 11 is 0. The van der Waals surface area contributed by atoms with E-state index in [-0.39, 0.29) is 49.7 Å². The lowest BCUT2D eigenvalue weighted by molar-refractivity contribution is -0.153. The third-order valence-electron chi connectivity index (χ3n) is 5.47. The first kappa shape index (κ1) is 21.5. The zero-order valence-corrected chi connectivity index (χ0v) is 16.6. The number of hydrogen-bond donors (Lipinski definition) is 0. The van der Waals surface area contributed by atoms with Gasteiger partial charge in [-0.3, -0.25) is 14.3 Å². The highest BCUT2D eigenvalue weighted by atomic mass is 19.4. The fraction of sp³-hybridized carbons (Fsp3) is 0.526. The molecule has 0 amide bonds. The van der Waals surface area contributed by atoms with Crippen molar-refractivity contribution < 1.29 is 26.7 Å². The summed E-state index contributed by atoms with van der Waals surface area (Å²) in [4.78, 5) is 22.9. The standard InChI is InChI=1S/C19H20F5N5O2/c1-11-10-31-5-4-27(11)16-15(21)17(30)28-3-2-14(19(22,23)24)29(18(28)26-16)9-12-6-13(20)8-25-7-12/h6-8,11,14H,2-5,9-10H2,1H3. The second-order valence-electron chi connectivity index (χ2n) is 7.61. The monoisotopic (exact) mass is 445 g/mol. The van der Waals surface area contributed by atoms with Gasteiger partial charge in [-0.25, -0.2) is 4.39 Å². The molecule has 4 heterocycles. The van der Waals surface area contributed by atoms with Gasteiger partial charge in [-0.05, 0) is 25.0 Å². The predicted octanol–water partition coefficient (Wildman–Crippen LogP) is 2.48. The molecule has 0 radical (unpaired) electrons. The van der Waals surface area contributed by atoms with Crippen LogP contribution in [0, 0.1) is 11.6 Å². The molecular weight excluding hydrogens is 425 g/mol. The van der Waals surface area contributed by atoms with E-state index in [1.54, 1.807) is 6.92 Å². The minimum absolute atomic E-state index is 0.169. The van der Waals surface area contributed by atoms with Crippen LogP contribution in [0.1, 0.15) is 18.9 Å². The van der Waals surface area contributed by atoms with Gasteiger partial charge in [0.05, 0.1) is 25.5 Å². The second kappa shape index (κ2) is 8.06. The largest absolute Gasteiger partial charge is 0.408 e. The summed E-state index contributed by atoms with van der Waals surface area (Å²) in [7, 11) is 0. The molecule has 0 aliphatic carbocycles. The smallest absolute Gasteiger partial charge is 0.377 e. The Morgan fingerprint density at radius 1 is 1.23 bits per heavy atom. The van der Waals surface area contributed by atoms with Gasteiger partial charge in [-0.1, -0.05) is 0 Å². The molecule has 4 rings (SSSR count). The van der Waals surface area contributed by atoms with Crippen molar-refractivity contribution in [3.8, 4) is 0 Å². The third-order valence-corrected chi connectivity index (χ3v) is 5.47. The first-order chi connectivity index (χ1) is 14.7. The van der Waals surface area contributed by atoms with Crippen LogP contribution in [0.25, 0.3) is 0 Å². The number of hydrogen-bond acceptors (Lipinski definition) is 6. The molecule has 0 aromatic carbocycles. The predicted molar refractivity (Wildman–Crippen MR) is 101 cm³/mol. The van der Waals surface area contributed by atoms with Crippen LogP contribution in [-0.2, 0) is 17.8 Å². The SMILES string of the molecule is CC1COCCN1c1nc2n(c(=O)c1F)CCC(C(F)(F)F)N2Cc1cncc(F)c1. The molecule has 2 aliphatic heterocycles. The Balaban J connectivity index is 1.83. The summed E-state index contributed by atoms with van der Waals surface area (Å²) < 4.78 is 76.1. The highest BCUT2D eigenvalue weighted by Gasteiger charge is 2.47. The topological polar surface area (TPSA) is 63.5 Å². The lowest BCUT2D eigenvalue weighted by Gasteiger charge is -2.40. The maximum atomic E-state index is 14.9. The molecular formula is C19H20F5N5O2. The van der Waals surface area contributed by atoms with Crippen LogP contribution in [0.15, 0.2) is 23.3 Å². The van der Waals surface area contributed by atoms with Gasteiger partial charge in [-0.2, -0.15) is 22.5 Å². The third kappa shape index (κ3) is 4.08. The van der Waals surface area contributed by atoms with Crippen LogP contribution >= 0.6 is 0 Å². The van der Waals surface area contributed by atoms with E-state index in [2.05, 4.69) is 9.97 Å². The fourth-order valence-electron chi connectivity index (χ4n) is 3.97. The Labute approximate surface area is 174 Å². The highest BCUT2D eigenvalue weighted by Crippen LogP contribution is 2.36. The Hall–Kier alpha value is -2.76. The lowest BCUT2D eigenvalue weighted by atomic mass is 10.1. The molecule has 1 saturated heterocycles. The number of ether oxygens (including phenoxy) is 1. The molecule has 2 atom stereocenters. The molecule has 0 bridgehead atoms. The number of aromatic nitrogens is 3. The number of anilines is 2. The van der Waals surface area contributed by atoms with Gasteiger partial charge < -0.3 is 14.5 Å². The molecule has 2 aromatic heterocycles. The molecule has 2 unspecified atom stereocenters. The van der Waals surface area contributed by atoms with Crippen LogP contribution in [0.5, 0.6) is 0 Å². The Bertz CT molecular complexity index is 1030. The normalized spacial score (nSPS) is 21.9. The van der Waals surface area contributed by atoms with Gasteiger partial charge in [0.15, 0.2) is 5.82 Å². The molecule has 0 spiro atoms. The average molecular weight is 445 g/mol. The zero-order chi connectivity index (χ0) is 22.3. The van der Waals surface area contributed by atoms with Crippen molar-refractivity contribution in [2.24, 2.45) is 0 Å². The molecule has 0 N–H and O–H groups in total. The first-order valence-electron chi connectivity index (χ1n) is 9.74. The molecule has 2 aromatic rings. The lowest BCUT2D eigenvalue weighted by Crippen LogP contribution is -2.53. The van der Waals surface area contributed by atoms with Crippen LogP contribution < -0.4 is 15.4 Å². The van der Waals surface area contributed by atoms with Gasteiger partial charge in [0, 0.05) is 25.8 Å². The van der Waals surface area contributed by atoms with Crippen molar-refractivity contribution in [2.45, 2.75) is 44.7 Å². The van der Waals surface area contributed by atoms with Crippen LogP contribution in [-0.4, -0.2) is 52.6 Å². The number of pyridine rings is 1. The summed E-state index contributed by atoms with van der Waals surface area (Å²) in [5.41, 5.74) is -0.871. The van der Waals surface area contributed by atoms with E-state index >= 15 is 0 Å². The van der Waals surface area contributed by atoms with E-state index in [4.69, 9.17) is 4.74 Å². The zero-order valence-electron chi connectivity index (χ0n) is 16.6. The molecule has 12 heteroatoms. The summed E-state index contributed by atoms with van der Waals surface area (Å²) in [5.74, 6) is -2.43. The minimum atomic E-state index is -4.63. The number of rotatable bonds is 3. The van der Waals surface area contributed by atoms with E-state index in [9.17, 15) is 26.7 Å². The second-order valence-corrected chi connectivity index (χ2v) is 7.61. The van der Waals surface area contributed by atoms with Crippen LogP contribution in [0.2, 0.25) is 0 Å². The van der Waals surface area contributed by atoms with E-state index in [1.807, 2.05) is 0 Å². The van der Waals surface area contributed by atoms with Crippen molar-refractivity contribution in [2.75, 3.05) is 29.6 Å². The fourth-order valence-corrected chi connectivity index (χ4v) is 3.97. The number of morpholine rings is 1. The average Bonchev–Trinajstić information content (AvgIpc) is 2.71. The van der Waals surface area contributed by atoms with Crippen LogP contribution in [0.4, 0.5) is 33.7 Å². The highest BCUT2D eigenvalue weighted by molar-refractivity contribution is 5.49. The maximum Gasteiger partial charge on any atom is 0.408 e. The Morgan fingerprint density at radius 2 is 2.00 bits per heavy atom. The first-order valence-corrected chi connectivity index (χ1v) is 9.74. The molecule has 2 aliphatic rings. The summed E-state index contributed by atoms with van der Waals surface area (Å²) in [5, 5.41) is 0. The molecule has 31 heavy (non-hydrogen) atoms. The molecule has 7 nitrogen and oxygen atoms in total. The van der Waals surface area contributed by atoms with Crippen molar-refractivity contribution in [1.82, 2.24) is 14.5 Å². The molecule has 168 valence electrons. The summed E-state index contributed by atoms with van der Waals surface area (Å²) in [6.07, 6.45) is -2.93. The van der Waals surface area contributed by atoms with Gasteiger partial charge in [-0.15, -0.1) is 0 Å². The van der Waals surface area contributed by atoms with E-state index in [0.717, 1.165) is 21.7 Å². The number of nitrogens with zero attached hydrogens (tertiary/aromatic N) is 5. The number of fused-ring (bicyclic) bond motifs is 1. The van der Waals surface area contributed by atoms with Crippen molar-refractivity contribution in [1.29, 1.82) is 0 Å². The van der Waals surface area contributed by atoms with Crippen molar-refractivity contribution in [3.05, 3.63) is 46.0 Å². The van der Waals surface area contributed by atoms with Gasteiger partial charge in [0.2, 0.25) is 11.8 Å². The number of halogens is 5.